The van der Waals surface area contributed by atoms with E-state index in [0.717, 1.165) is 22.5 Å². The second kappa shape index (κ2) is 5.32. The molecule has 0 aromatic heterocycles. The maximum atomic E-state index is 13.6. The summed E-state index contributed by atoms with van der Waals surface area (Å²) >= 11 is 0. The van der Waals surface area contributed by atoms with E-state index >= 15 is 0 Å². The van der Waals surface area contributed by atoms with E-state index in [9.17, 15) is 22.9 Å². The monoisotopic (exact) mass is 318 g/mol. The van der Waals surface area contributed by atoms with Crippen molar-refractivity contribution in [2.45, 2.75) is 24.3 Å². The van der Waals surface area contributed by atoms with Gasteiger partial charge in [-0.25, -0.2) is 8.42 Å². The number of sulfonamides is 1. The van der Waals surface area contributed by atoms with Crippen LogP contribution in [0.5, 0.6) is 0 Å². The van der Waals surface area contributed by atoms with Gasteiger partial charge in [-0.15, -0.1) is 0 Å². The van der Waals surface area contributed by atoms with Crippen molar-refractivity contribution >= 4 is 15.7 Å². The lowest BCUT2D eigenvalue weighted by Gasteiger charge is -2.37. The van der Waals surface area contributed by atoms with Crippen LogP contribution in [0.4, 0.5) is 10.1 Å². The average Bonchev–Trinajstić information content (AvgIpc) is 2.36. The highest BCUT2D eigenvalue weighted by Crippen LogP contribution is 2.31. The van der Waals surface area contributed by atoms with Gasteiger partial charge in [0.05, 0.1) is 17.1 Å². The first-order valence-electron chi connectivity index (χ1n) is 6.22. The van der Waals surface area contributed by atoms with Crippen molar-refractivity contribution in [1.82, 2.24) is 4.31 Å². The van der Waals surface area contributed by atoms with E-state index in [-0.39, 0.29) is 19.7 Å². The molecule has 116 valence electrons. The molecule has 1 aliphatic heterocycles. The molecule has 1 aromatic carbocycles. The van der Waals surface area contributed by atoms with Gasteiger partial charge < -0.3 is 4.74 Å². The van der Waals surface area contributed by atoms with Gasteiger partial charge in [0.25, 0.3) is 0 Å². The molecular weight excluding hydrogens is 303 g/mol. The van der Waals surface area contributed by atoms with Gasteiger partial charge in [0.15, 0.2) is 4.90 Å². The van der Waals surface area contributed by atoms with Crippen molar-refractivity contribution in [2.75, 3.05) is 19.7 Å². The summed E-state index contributed by atoms with van der Waals surface area (Å²) in [4.78, 5) is 9.30. The van der Waals surface area contributed by atoms with Crippen molar-refractivity contribution in [3.05, 3.63) is 34.1 Å². The first kappa shape index (κ1) is 15.8. The summed E-state index contributed by atoms with van der Waals surface area (Å²) in [6, 6.07) is 3.04. The highest BCUT2D eigenvalue weighted by atomic mass is 32.2. The van der Waals surface area contributed by atoms with Crippen molar-refractivity contribution in [3.63, 3.8) is 0 Å². The molecule has 1 aliphatic rings. The molecule has 0 aliphatic carbocycles. The standard InChI is InChI=1S/C12H15FN2O5S/c1-12(2)8-14(6-7-20-12)21(18,19)10-5-3-4-9(13)11(10)15(16)17/h3-5H,6-8H2,1-2H3. The van der Waals surface area contributed by atoms with E-state index in [4.69, 9.17) is 4.74 Å². The molecule has 1 fully saturated rings. The summed E-state index contributed by atoms with van der Waals surface area (Å²) in [7, 11) is -4.16. The predicted octanol–water partition coefficient (Wildman–Crippen LogP) is 1.53. The summed E-state index contributed by atoms with van der Waals surface area (Å²) in [5.74, 6) is -1.17. The number of benzene rings is 1. The molecule has 1 aromatic rings. The van der Waals surface area contributed by atoms with Crippen LogP contribution in [0, 0.1) is 15.9 Å². The van der Waals surface area contributed by atoms with Crippen LogP contribution in [0.1, 0.15) is 13.8 Å². The average molecular weight is 318 g/mol. The van der Waals surface area contributed by atoms with Crippen LogP contribution in [0.15, 0.2) is 23.1 Å². The lowest BCUT2D eigenvalue weighted by atomic mass is 10.1. The fourth-order valence-corrected chi connectivity index (χ4v) is 3.94. The number of hydrogen-bond acceptors (Lipinski definition) is 5. The molecule has 0 unspecified atom stereocenters. The number of morpholine rings is 1. The third-order valence-corrected chi connectivity index (χ3v) is 5.02. The summed E-state index contributed by atoms with van der Waals surface area (Å²) in [5.41, 5.74) is -1.73. The number of hydrogen-bond donors (Lipinski definition) is 0. The second-order valence-electron chi connectivity index (χ2n) is 5.29. The Kier molecular flexibility index (Phi) is 4.00. The molecule has 2 rings (SSSR count). The third kappa shape index (κ3) is 3.04. The Bertz CT molecular complexity index is 674. The zero-order valence-electron chi connectivity index (χ0n) is 11.6. The normalized spacial score (nSPS) is 19.4. The molecule has 0 N–H and O–H groups in total. The van der Waals surface area contributed by atoms with Gasteiger partial charge in [-0.05, 0) is 26.0 Å². The predicted molar refractivity (Wildman–Crippen MR) is 71.8 cm³/mol. The van der Waals surface area contributed by atoms with E-state index in [1.54, 1.807) is 13.8 Å². The van der Waals surface area contributed by atoms with Gasteiger partial charge in [-0.2, -0.15) is 8.70 Å². The molecule has 0 spiro atoms. The maximum absolute atomic E-state index is 13.6. The highest BCUT2D eigenvalue weighted by molar-refractivity contribution is 7.89. The fraction of sp³-hybridized carbons (Fsp3) is 0.500. The summed E-state index contributed by atoms with van der Waals surface area (Å²) in [6.07, 6.45) is 0. The van der Waals surface area contributed by atoms with Crippen LogP contribution in [-0.4, -0.2) is 42.9 Å². The number of rotatable bonds is 3. The second-order valence-corrected chi connectivity index (χ2v) is 7.20. The molecule has 0 saturated carbocycles. The van der Waals surface area contributed by atoms with Crippen LogP contribution in [0.3, 0.4) is 0 Å². The van der Waals surface area contributed by atoms with Crippen LogP contribution < -0.4 is 0 Å². The Balaban J connectivity index is 2.50. The molecule has 1 heterocycles. The van der Waals surface area contributed by atoms with E-state index < -0.39 is 36.9 Å². The van der Waals surface area contributed by atoms with Crippen LogP contribution >= 0.6 is 0 Å². The van der Waals surface area contributed by atoms with Crippen LogP contribution in [-0.2, 0) is 14.8 Å². The zero-order valence-corrected chi connectivity index (χ0v) is 12.4. The minimum Gasteiger partial charge on any atom is -0.373 e. The topological polar surface area (TPSA) is 89.8 Å². The molecule has 0 radical (unpaired) electrons. The number of nitro benzene ring substituents is 1. The van der Waals surface area contributed by atoms with Gasteiger partial charge in [0, 0.05) is 13.1 Å². The molecule has 21 heavy (non-hydrogen) atoms. The third-order valence-electron chi connectivity index (χ3n) is 3.14. The minimum atomic E-state index is -4.16. The quantitative estimate of drug-likeness (QED) is 0.623. The summed E-state index contributed by atoms with van der Waals surface area (Å²) in [6.45, 7) is 3.72. The largest absolute Gasteiger partial charge is 0.373 e. The van der Waals surface area contributed by atoms with E-state index in [2.05, 4.69) is 0 Å². The summed E-state index contributed by atoms with van der Waals surface area (Å²) in [5, 5.41) is 11.0. The Morgan fingerprint density at radius 1 is 1.43 bits per heavy atom. The van der Waals surface area contributed by atoms with Crippen molar-refractivity contribution < 1.29 is 22.5 Å². The molecule has 7 nitrogen and oxygen atoms in total. The number of para-hydroxylation sites is 1. The Hall–Kier alpha value is -1.58. The number of nitrogens with zero attached hydrogens (tertiary/aromatic N) is 2. The SMILES string of the molecule is CC1(C)CN(S(=O)(=O)c2cccc(F)c2[N+](=O)[O-])CCO1. The molecule has 0 atom stereocenters. The highest BCUT2D eigenvalue weighted by Gasteiger charge is 2.39. The first-order chi connectivity index (χ1) is 9.65. The zero-order chi connectivity index (χ0) is 15.8. The van der Waals surface area contributed by atoms with Gasteiger partial charge in [0.2, 0.25) is 15.8 Å². The minimum absolute atomic E-state index is 0.0446. The fourth-order valence-electron chi connectivity index (χ4n) is 2.20. The summed E-state index contributed by atoms with van der Waals surface area (Å²) < 4.78 is 45.2. The molecular formula is C12H15FN2O5S. The number of nitro groups is 1. The van der Waals surface area contributed by atoms with Crippen LogP contribution in [0.2, 0.25) is 0 Å². The van der Waals surface area contributed by atoms with E-state index in [1.165, 1.54) is 0 Å². The first-order valence-corrected chi connectivity index (χ1v) is 7.66. The number of ether oxygens (including phenoxy) is 1. The van der Waals surface area contributed by atoms with Gasteiger partial charge in [-0.3, -0.25) is 10.1 Å². The van der Waals surface area contributed by atoms with Crippen molar-refractivity contribution in [3.8, 4) is 0 Å². The van der Waals surface area contributed by atoms with Crippen molar-refractivity contribution in [2.24, 2.45) is 0 Å². The van der Waals surface area contributed by atoms with Gasteiger partial charge in [-0.1, -0.05) is 6.07 Å². The van der Waals surface area contributed by atoms with Gasteiger partial charge >= 0.3 is 5.69 Å². The lowest BCUT2D eigenvalue weighted by Crippen LogP contribution is -2.50. The maximum Gasteiger partial charge on any atom is 0.324 e. The molecule has 1 saturated heterocycles. The van der Waals surface area contributed by atoms with Gasteiger partial charge in [0.1, 0.15) is 0 Å². The smallest absolute Gasteiger partial charge is 0.324 e. The number of halogens is 1. The molecule has 0 amide bonds. The Labute approximate surface area is 121 Å². The van der Waals surface area contributed by atoms with E-state index in [0.29, 0.717) is 0 Å². The van der Waals surface area contributed by atoms with Crippen LogP contribution in [0.25, 0.3) is 0 Å². The Morgan fingerprint density at radius 3 is 2.67 bits per heavy atom. The lowest BCUT2D eigenvalue weighted by molar-refractivity contribution is -0.390. The van der Waals surface area contributed by atoms with E-state index in [1.807, 2.05) is 0 Å². The van der Waals surface area contributed by atoms with Crippen molar-refractivity contribution in [1.29, 1.82) is 0 Å². The molecule has 9 heteroatoms. The molecule has 0 bridgehead atoms. The Morgan fingerprint density at radius 2 is 2.10 bits per heavy atom.